The summed E-state index contributed by atoms with van der Waals surface area (Å²) in [5.74, 6) is -0.658. The van der Waals surface area contributed by atoms with Crippen molar-refractivity contribution in [2.24, 2.45) is 5.73 Å². The quantitative estimate of drug-likeness (QED) is 0.349. The summed E-state index contributed by atoms with van der Waals surface area (Å²) in [6.07, 6.45) is 4.68. The Kier molecular flexibility index (Phi) is 6.84. The predicted octanol–water partition coefficient (Wildman–Crippen LogP) is -2.86. The van der Waals surface area contributed by atoms with E-state index in [0.29, 0.717) is 25.1 Å². The van der Waals surface area contributed by atoms with Crippen molar-refractivity contribution < 1.29 is 15.1 Å². The Morgan fingerprint density at radius 1 is 1.36 bits per heavy atom. The number of rotatable bonds is 6. The zero-order valence-electron chi connectivity index (χ0n) is 15.0. The molecule has 28 heavy (non-hydrogen) atoms. The van der Waals surface area contributed by atoms with Gasteiger partial charge in [0.15, 0.2) is 0 Å². The Morgan fingerprint density at radius 2 is 2.14 bits per heavy atom. The van der Waals surface area contributed by atoms with Crippen LogP contribution in [0.25, 0.3) is 0 Å². The maximum absolute atomic E-state index is 12.6. The van der Waals surface area contributed by atoms with Crippen LogP contribution in [-0.4, -0.2) is 60.8 Å². The number of hydrogen-bond acceptors (Lipinski definition) is 6. The molecule has 3 heterocycles. The fraction of sp³-hybridized carbons (Fsp3) is 0.438. The van der Waals surface area contributed by atoms with Gasteiger partial charge in [0.2, 0.25) is 11.8 Å². The first-order chi connectivity index (χ1) is 12.9. The average molecular weight is 393 g/mol. The van der Waals surface area contributed by atoms with Gasteiger partial charge in [-0.05, 0) is 12.8 Å². The molecular formula is C16H23N7O5. The van der Waals surface area contributed by atoms with Crippen molar-refractivity contribution in [2.45, 2.75) is 37.9 Å². The summed E-state index contributed by atoms with van der Waals surface area (Å²) < 4.78 is 0. The van der Waals surface area contributed by atoms with Crippen molar-refractivity contribution >= 4 is 11.8 Å². The molecular weight excluding hydrogens is 370 g/mol. The second-order valence-electron chi connectivity index (χ2n) is 6.39. The number of hydrogen-bond donors (Lipinski definition) is 5. The van der Waals surface area contributed by atoms with E-state index >= 15 is 0 Å². The monoisotopic (exact) mass is 393 g/mol. The standard InChI is InChI=1S/C16H21N7O4.H2O/c17-11(4-9-6-18-8-20-9)15(26)23-3-1-2-12(23)14(25)19-7-10-5-13(24)22-16(27)21-10;/h5-6,8,11-12H,1-4,7,17H2,(H,18,20)(H,19,25)(H2,21,22,24,27);1H2/t11-,12-;/m0./s1. The molecule has 1 aliphatic rings. The van der Waals surface area contributed by atoms with Gasteiger partial charge in [0.25, 0.3) is 5.56 Å². The van der Waals surface area contributed by atoms with E-state index in [1.54, 1.807) is 6.20 Å². The summed E-state index contributed by atoms with van der Waals surface area (Å²) >= 11 is 0. The van der Waals surface area contributed by atoms with Crippen LogP contribution in [0, 0.1) is 0 Å². The number of likely N-dealkylation sites (tertiary alicyclic amines) is 1. The van der Waals surface area contributed by atoms with E-state index in [0.717, 1.165) is 0 Å². The summed E-state index contributed by atoms with van der Waals surface area (Å²) in [6.45, 7) is 0.433. The molecule has 12 nitrogen and oxygen atoms in total. The highest BCUT2D eigenvalue weighted by atomic mass is 16.2. The molecule has 8 N–H and O–H groups in total. The van der Waals surface area contributed by atoms with Crippen LogP contribution in [0.3, 0.4) is 0 Å². The van der Waals surface area contributed by atoms with Gasteiger partial charge in [-0.3, -0.25) is 19.4 Å². The molecule has 12 heteroatoms. The number of amides is 2. The third-order valence-corrected chi connectivity index (χ3v) is 4.41. The highest BCUT2D eigenvalue weighted by Crippen LogP contribution is 2.19. The van der Waals surface area contributed by atoms with Crippen molar-refractivity contribution in [1.82, 2.24) is 30.2 Å². The number of carbonyl (C=O) groups excluding carboxylic acids is 2. The van der Waals surface area contributed by atoms with Crippen molar-refractivity contribution in [2.75, 3.05) is 6.54 Å². The lowest BCUT2D eigenvalue weighted by Gasteiger charge is -2.26. The zero-order valence-corrected chi connectivity index (χ0v) is 15.0. The highest BCUT2D eigenvalue weighted by molar-refractivity contribution is 5.90. The first kappa shape index (κ1) is 21.1. The first-order valence-electron chi connectivity index (χ1n) is 8.58. The van der Waals surface area contributed by atoms with Crippen LogP contribution in [0.15, 0.2) is 28.2 Å². The summed E-state index contributed by atoms with van der Waals surface area (Å²) in [6, 6.07) is -0.221. The van der Waals surface area contributed by atoms with E-state index in [1.807, 2.05) is 0 Å². The minimum Gasteiger partial charge on any atom is -0.412 e. The van der Waals surface area contributed by atoms with Gasteiger partial charge in [-0.1, -0.05) is 0 Å². The Labute approximate surface area is 158 Å². The van der Waals surface area contributed by atoms with E-state index in [9.17, 15) is 19.2 Å². The van der Waals surface area contributed by atoms with Crippen LogP contribution in [0.4, 0.5) is 0 Å². The van der Waals surface area contributed by atoms with E-state index in [-0.39, 0.29) is 36.0 Å². The lowest BCUT2D eigenvalue weighted by atomic mass is 10.1. The van der Waals surface area contributed by atoms with Gasteiger partial charge in [-0.25, -0.2) is 9.78 Å². The molecule has 2 aromatic heterocycles. The number of carbonyl (C=O) groups is 2. The van der Waals surface area contributed by atoms with Gasteiger partial charge in [0, 0.05) is 30.9 Å². The van der Waals surface area contributed by atoms with E-state index in [4.69, 9.17) is 5.73 Å². The van der Waals surface area contributed by atoms with Gasteiger partial charge in [0.1, 0.15) is 6.04 Å². The van der Waals surface area contributed by atoms with Gasteiger partial charge < -0.3 is 31.4 Å². The Morgan fingerprint density at radius 3 is 2.82 bits per heavy atom. The number of nitrogens with zero attached hydrogens (tertiary/aromatic N) is 2. The van der Waals surface area contributed by atoms with Crippen molar-refractivity contribution in [3.8, 4) is 0 Å². The molecule has 2 aromatic rings. The lowest BCUT2D eigenvalue weighted by molar-refractivity contribution is -0.139. The minimum absolute atomic E-state index is 0. The normalized spacial score (nSPS) is 17.0. The van der Waals surface area contributed by atoms with Crippen LogP contribution in [0.5, 0.6) is 0 Å². The maximum Gasteiger partial charge on any atom is 0.325 e. The molecule has 0 unspecified atom stereocenters. The molecule has 3 rings (SSSR count). The fourth-order valence-corrected chi connectivity index (χ4v) is 3.15. The molecule has 1 fully saturated rings. The average Bonchev–Trinajstić information content (AvgIpc) is 3.29. The maximum atomic E-state index is 12.6. The smallest absolute Gasteiger partial charge is 0.325 e. The number of nitrogens with two attached hydrogens (primary N) is 1. The summed E-state index contributed by atoms with van der Waals surface area (Å²) in [5.41, 5.74) is 5.75. The van der Waals surface area contributed by atoms with Crippen molar-refractivity contribution in [3.63, 3.8) is 0 Å². The van der Waals surface area contributed by atoms with Gasteiger partial charge in [-0.2, -0.15) is 0 Å². The van der Waals surface area contributed by atoms with Crippen molar-refractivity contribution in [3.05, 3.63) is 50.8 Å². The highest BCUT2D eigenvalue weighted by Gasteiger charge is 2.36. The van der Waals surface area contributed by atoms with Gasteiger partial charge >= 0.3 is 5.69 Å². The summed E-state index contributed by atoms with van der Waals surface area (Å²) in [5, 5.41) is 2.65. The van der Waals surface area contributed by atoms with Gasteiger partial charge in [-0.15, -0.1) is 0 Å². The Hall–Kier alpha value is -3.25. The Balaban J connectivity index is 0.00000280. The number of aromatic nitrogens is 4. The Bertz CT molecular complexity index is 892. The lowest BCUT2D eigenvalue weighted by Crippen LogP contribution is -2.51. The van der Waals surface area contributed by atoms with Crippen LogP contribution >= 0.6 is 0 Å². The summed E-state index contributed by atoms with van der Waals surface area (Å²) in [7, 11) is 0. The molecule has 0 spiro atoms. The van der Waals surface area contributed by atoms with Gasteiger partial charge in [0.05, 0.1) is 24.6 Å². The molecule has 2 atom stereocenters. The molecule has 152 valence electrons. The van der Waals surface area contributed by atoms with Crippen molar-refractivity contribution in [1.29, 1.82) is 0 Å². The third kappa shape index (κ3) is 4.92. The topological polar surface area (TPSA) is 201 Å². The molecule has 0 aliphatic carbocycles. The predicted molar refractivity (Wildman–Crippen MR) is 98.1 cm³/mol. The number of H-pyrrole nitrogens is 3. The van der Waals surface area contributed by atoms with E-state index < -0.39 is 23.3 Å². The SMILES string of the molecule is N[C@@H](Cc1c[nH]cn1)C(=O)N1CCC[C@H]1C(=O)NCc1cc(=O)[nH]c(=O)[nH]1.O. The molecule has 1 saturated heterocycles. The second kappa shape index (κ2) is 9.10. The zero-order chi connectivity index (χ0) is 19.4. The van der Waals surface area contributed by atoms with Crippen LogP contribution < -0.4 is 22.3 Å². The number of nitrogens with one attached hydrogen (secondary N) is 4. The van der Waals surface area contributed by atoms with Crippen LogP contribution in [0.1, 0.15) is 24.2 Å². The molecule has 1 aliphatic heterocycles. The summed E-state index contributed by atoms with van der Waals surface area (Å²) in [4.78, 5) is 60.5. The molecule has 0 bridgehead atoms. The molecule has 0 saturated carbocycles. The fourth-order valence-electron chi connectivity index (χ4n) is 3.15. The van der Waals surface area contributed by atoms with E-state index in [2.05, 4.69) is 25.3 Å². The molecule has 0 aromatic carbocycles. The molecule has 0 radical (unpaired) electrons. The first-order valence-corrected chi connectivity index (χ1v) is 8.58. The van der Waals surface area contributed by atoms with Crippen LogP contribution in [0.2, 0.25) is 0 Å². The third-order valence-electron chi connectivity index (χ3n) is 4.41. The second-order valence-corrected chi connectivity index (χ2v) is 6.39. The molecule has 2 amide bonds. The largest absolute Gasteiger partial charge is 0.412 e. The minimum atomic E-state index is -0.786. The van der Waals surface area contributed by atoms with Crippen LogP contribution in [-0.2, 0) is 22.6 Å². The number of aromatic amines is 3. The van der Waals surface area contributed by atoms with E-state index in [1.165, 1.54) is 17.3 Å². The number of imidazole rings is 1.